The van der Waals surface area contributed by atoms with Crippen molar-refractivity contribution in [1.82, 2.24) is 0 Å². The number of nitrogens with one attached hydrogen (secondary N) is 1. The van der Waals surface area contributed by atoms with Crippen molar-refractivity contribution in [3.63, 3.8) is 0 Å². The molecule has 1 rings (SSSR count). The second-order valence-electron chi connectivity index (χ2n) is 5.19. The molecule has 0 radical (unpaired) electrons. The lowest BCUT2D eigenvalue weighted by atomic mass is 10.2. The first-order chi connectivity index (χ1) is 9.71. The molecule has 0 atom stereocenters. The summed E-state index contributed by atoms with van der Waals surface area (Å²) in [4.78, 5) is 11.8. The summed E-state index contributed by atoms with van der Waals surface area (Å²) in [5.74, 6) is -0.212. The van der Waals surface area contributed by atoms with Crippen molar-refractivity contribution in [2.75, 3.05) is 19.0 Å². The van der Waals surface area contributed by atoms with E-state index in [1.165, 1.54) is 25.3 Å². The van der Waals surface area contributed by atoms with Gasteiger partial charge in [0.15, 0.2) is 0 Å². The number of methoxy groups -OCH3 is 1. The molecular formula is C14H19F2NO4. The number of anilines is 1. The fourth-order valence-corrected chi connectivity index (χ4v) is 1.40. The third-order valence-electron chi connectivity index (χ3n) is 2.31. The van der Waals surface area contributed by atoms with Crippen LogP contribution in [0.4, 0.5) is 14.5 Å². The van der Waals surface area contributed by atoms with E-state index in [9.17, 15) is 13.6 Å². The quantitative estimate of drug-likeness (QED) is 0.877. The van der Waals surface area contributed by atoms with E-state index in [-0.39, 0.29) is 18.0 Å². The molecule has 0 aliphatic heterocycles. The zero-order valence-corrected chi connectivity index (χ0v) is 12.4. The predicted molar refractivity (Wildman–Crippen MR) is 74.0 cm³/mol. The predicted octanol–water partition coefficient (Wildman–Crippen LogP) is 3.05. The van der Waals surface area contributed by atoms with Crippen molar-refractivity contribution in [3.05, 3.63) is 18.2 Å². The van der Waals surface area contributed by atoms with Gasteiger partial charge in [0, 0.05) is 6.07 Å². The summed E-state index contributed by atoms with van der Waals surface area (Å²) in [5, 5.41) is 2.46. The lowest BCUT2D eigenvalue weighted by Crippen LogP contribution is -2.27. The number of benzene rings is 1. The molecule has 21 heavy (non-hydrogen) atoms. The molecule has 118 valence electrons. The topological polar surface area (TPSA) is 56.8 Å². The van der Waals surface area contributed by atoms with Gasteiger partial charge in [-0.05, 0) is 32.9 Å². The van der Waals surface area contributed by atoms with E-state index in [0.29, 0.717) is 5.75 Å². The number of alkyl halides is 2. The Morgan fingerprint density at radius 2 is 2.00 bits per heavy atom. The first-order valence-corrected chi connectivity index (χ1v) is 6.28. The summed E-state index contributed by atoms with van der Waals surface area (Å²) in [7, 11) is 1.43. The number of rotatable bonds is 6. The molecule has 5 nitrogen and oxygen atoms in total. The SMILES string of the molecule is COc1ccc(OC(F)F)c(NC(=O)COC(C)(C)C)c1. The van der Waals surface area contributed by atoms with Crippen LogP contribution in [0.3, 0.4) is 0 Å². The van der Waals surface area contributed by atoms with Crippen molar-refractivity contribution in [2.24, 2.45) is 0 Å². The largest absolute Gasteiger partial charge is 0.497 e. The third-order valence-corrected chi connectivity index (χ3v) is 2.31. The second-order valence-corrected chi connectivity index (χ2v) is 5.19. The second kappa shape index (κ2) is 7.21. The van der Waals surface area contributed by atoms with Gasteiger partial charge in [-0.3, -0.25) is 4.79 Å². The number of carbonyl (C=O) groups excluding carboxylic acids is 1. The van der Waals surface area contributed by atoms with Gasteiger partial charge < -0.3 is 19.5 Å². The number of ether oxygens (including phenoxy) is 3. The van der Waals surface area contributed by atoms with E-state index in [1.807, 2.05) is 0 Å². The normalized spacial score (nSPS) is 11.4. The van der Waals surface area contributed by atoms with Crippen LogP contribution in [0.15, 0.2) is 18.2 Å². The molecule has 1 amide bonds. The smallest absolute Gasteiger partial charge is 0.387 e. The average Bonchev–Trinajstić information content (AvgIpc) is 2.37. The highest BCUT2D eigenvalue weighted by Crippen LogP contribution is 2.30. The van der Waals surface area contributed by atoms with Crippen molar-refractivity contribution >= 4 is 11.6 Å². The number of carbonyl (C=O) groups is 1. The van der Waals surface area contributed by atoms with Crippen LogP contribution in [0, 0.1) is 0 Å². The average molecular weight is 303 g/mol. The van der Waals surface area contributed by atoms with Crippen LogP contribution in [0.25, 0.3) is 0 Å². The van der Waals surface area contributed by atoms with E-state index >= 15 is 0 Å². The maximum Gasteiger partial charge on any atom is 0.387 e. The molecule has 1 N–H and O–H groups in total. The number of halogens is 2. The Balaban J connectivity index is 2.81. The van der Waals surface area contributed by atoms with Gasteiger partial charge in [-0.2, -0.15) is 8.78 Å². The number of hydrogen-bond acceptors (Lipinski definition) is 4. The maximum absolute atomic E-state index is 12.3. The Kier molecular flexibility index (Phi) is 5.90. The van der Waals surface area contributed by atoms with Gasteiger partial charge in [0.2, 0.25) is 0 Å². The molecule has 1 aromatic rings. The van der Waals surface area contributed by atoms with E-state index in [4.69, 9.17) is 9.47 Å². The van der Waals surface area contributed by atoms with Crippen LogP contribution in [0.2, 0.25) is 0 Å². The van der Waals surface area contributed by atoms with Gasteiger partial charge in [-0.25, -0.2) is 0 Å². The van der Waals surface area contributed by atoms with Gasteiger partial charge >= 0.3 is 6.61 Å². The third kappa shape index (κ3) is 6.40. The van der Waals surface area contributed by atoms with Crippen LogP contribution >= 0.6 is 0 Å². The fraction of sp³-hybridized carbons (Fsp3) is 0.500. The standard InChI is InChI=1S/C14H19F2NO4/c1-14(2,3)20-8-12(18)17-10-7-9(19-4)5-6-11(10)21-13(15)16/h5-7,13H,8H2,1-4H3,(H,17,18). The summed E-state index contributed by atoms with van der Waals surface area (Å²) in [5.41, 5.74) is -0.384. The van der Waals surface area contributed by atoms with Gasteiger partial charge in [0.25, 0.3) is 5.91 Å². The van der Waals surface area contributed by atoms with Gasteiger partial charge in [-0.15, -0.1) is 0 Å². The Morgan fingerprint density at radius 3 is 2.52 bits per heavy atom. The van der Waals surface area contributed by atoms with Gasteiger partial charge in [0.1, 0.15) is 18.1 Å². The van der Waals surface area contributed by atoms with Crippen LogP contribution in [0.5, 0.6) is 11.5 Å². The maximum atomic E-state index is 12.3. The van der Waals surface area contributed by atoms with Crippen LogP contribution in [0.1, 0.15) is 20.8 Å². The molecule has 0 aliphatic rings. The van der Waals surface area contributed by atoms with Gasteiger partial charge in [-0.1, -0.05) is 0 Å². The number of amides is 1. The molecule has 0 bridgehead atoms. The van der Waals surface area contributed by atoms with E-state index < -0.39 is 18.1 Å². The van der Waals surface area contributed by atoms with Crippen LogP contribution in [-0.4, -0.2) is 31.8 Å². The molecule has 0 saturated heterocycles. The van der Waals surface area contributed by atoms with Crippen molar-refractivity contribution in [1.29, 1.82) is 0 Å². The monoisotopic (exact) mass is 303 g/mol. The summed E-state index contributed by atoms with van der Waals surface area (Å²) < 4.78 is 39.3. The van der Waals surface area contributed by atoms with Crippen molar-refractivity contribution in [2.45, 2.75) is 33.0 Å². The lowest BCUT2D eigenvalue weighted by Gasteiger charge is -2.19. The summed E-state index contributed by atoms with van der Waals surface area (Å²) in [6, 6.07) is 4.15. The fourth-order valence-electron chi connectivity index (χ4n) is 1.40. The molecule has 7 heteroatoms. The zero-order chi connectivity index (χ0) is 16.0. The Labute approximate surface area is 122 Å². The highest BCUT2D eigenvalue weighted by Gasteiger charge is 2.16. The minimum Gasteiger partial charge on any atom is -0.497 e. The molecule has 0 aromatic heterocycles. The highest BCUT2D eigenvalue weighted by molar-refractivity contribution is 5.93. The summed E-state index contributed by atoms with van der Waals surface area (Å²) in [6.45, 7) is 2.22. The highest BCUT2D eigenvalue weighted by atomic mass is 19.3. The van der Waals surface area contributed by atoms with Crippen LogP contribution in [-0.2, 0) is 9.53 Å². The minimum atomic E-state index is -2.99. The van der Waals surface area contributed by atoms with Crippen LogP contribution < -0.4 is 14.8 Å². The Hall–Kier alpha value is -1.89. The van der Waals surface area contributed by atoms with Crippen molar-refractivity contribution < 1.29 is 27.8 Å². The van der Waals surface area contributed by atoms with E-state index in [1.54, 1.807) is 20.8 Å². The molecular weight excluding hydrogens is 284 g/mol. The zero-order valence-electron chi connectivity index (χ0n) is 12.4. The van der Waals surface area contributed by atoms with E-state index in [2.05, 4.69) is 10.1 Å². The van der Waals surface area contributed by atoms with E-state index in [0.717, 1.165) is 0 Å². The molecule has 0 heterocycles. The minimum absolute atomic E-state index is 0.0946. The number of hydrogen-bond donors (Lipinski definition) is 1. The summed E-state index contributed by atoms with van der Waals surface area (Å²) >= 11 is 0. The Bertz CT molecular complexity index is 486. The molecule has 0 saturated carbocycles. The molecule has 1 aromatic carbocycles. The first kappa shape index (κ1) is 17.2. The van der Waals surface area contributed by atoms with Crippen molar-refractivity contribution in [3.8, 4) is 11.5 Å². The Morgan fingerprint density at radius 1 is 1.33 bits per heavy atom. The molecule has 0 spiro atoms. The lowest BCUT2D eigenvalue weighted by molar-refractivity contribution is -0.125. The summed E-state index contributed by atoms with van der Waals surface area (Å²) in [6.07, 6.45) is 0. The van der Waals surface area contributed by atoms with Gasteiger partial charge in [0.05, 0.1) is 18.4 Å². The molecule has 0 aliphatic carbocycles. The first-order valence-electron chi connectivity index (χ1n) is 6.28. The molecule has 0 unspecified atom stereocenters. The molecule has 0 fully saturated rings.